The van der Waals surface area contributed by atoms with Crippen molar-refractivity contribution in [1.82, 2.24) is 14.9 Å². The third kappa shape index (κ3) is 4.33. The fourth-order valence-corrected chi connectivity index (χ4v) is 6.40. The number of amidine groups is 1. The Kier molecular flexibility index (Phi) is 6.21. The van der Waals surface area contributed by atoms with E-state index in [1.807, 2.05) is 6.92 Å². The van der Waals surface area contributed by atoms with E-state index in [0.717, 1.165) is 43.8 Å². The standard InChI is InChI=1S/C21H31ClN4O2S/c1-16-7-8-18(15-19(16)22)29(27,28)26-13-9-21(10-14-26)20(23-11-4-12-24-21)25-17-5-2-3-6-17/h7-8,15,17,24H,2-6,9-14H2,1H3,(H,23,25). The van der Waals surface area contributed by atoms with Crippen LogP contribution in [0.5, 0.6) is 0 Å². The first-order chi connectivity index (χ1) is 13.9. The predicted octanol–water partition coefficient (Wildman–Crippen LogP) is 3.10. The number of piperidine rings is 1. The first-order valence-corrected chi connectivity index (χ1v) is 12.6. The van der Waals surface area contributed by atoms with Gasteiger partial charge in [-0.2, -0.15) is 4.31 Å². The Morgan fingerprint density at radius 3 is 2.62 bits per heavy atom. The Morgan fingerprint density at radius 1 is 1.21 bits per heavy atom. The summed E-state index contributed by atoms with van der Waals surface area (Å²) in [5, 5.41) is 7.92. The van der Waals surface area contributed by atoms with Crippen molar-refractivity contribution in [2.45, 2.75) is 68.3 Å². The SMILES string of the molecule is Cc1ccc(S(=O)(=O)N2CCC3(CC2)NCCCN=C3NC2CCCC2)cc1Cl. The molecule has 29 heavy (non-hydrogen) atoms. The molecule has 0 bridgehead atoms. The van der Waals surface area contributed by atoms with Crippen LogP contribution in [0.4, 0.5) is 0 Å². The van der Waals surface area contributed by atoms with Gasteiger partial charge < -0.3 is 10.6 Å². The summed E-state index contributed by atoms with van der Waals surface area (Å²) in [4.78, 5) is 5.16. The van der Waals surface area contributed by atoms with E-state index >= 15 is 0 Å². The van der Waals surface area contributed by atoms with Crippen LogP contribution in [0, 0.1) is 6.92 Å². The molecule has 6 nitrogen and oxygen atoms in total. The number of aryl methyl sites for hydroxylation is 1. The average Bonchev–Trinajstić information content (AvgIpc) is 3.15. The van der Waals surface area contributed by atoms with Crippen molar-refractivity contribution in [1.29, 1.82) is 0 Å². The molecular formula is C21H31ClN4O2S. The Hall–Kier alpha value is -1.15. The summed E-state index contributed by atoms with van der Waals surface area (Å²) in [6, 6.07) is 5.49. The molecule has 1 saturated carbocycles. The number of benzene rings is 1. The second kappa shape index (κ2) is 8.53. The Balaban J connectivity index is 1.50. The van der Waals surface area contributed by atoms with E-state index in [2.05, 4.69) is 10.6 Å². The third-order valence-electron chi connectivity index (χ3n) is 6.57. The maximum atomic E-state index is 13.2. The first kappa shape index (κ1) is 21.1. The van der Waals surface area contributed by atoms with Gasteiger partial charge >= 0.3 is 0 Å². The zero-order valence-electron chi connectivity index (χ0n) is 17.1. The van der Waals surface area contributed by atoms with E-state index in [-0.39, 0.29) is 10.4 Å². The fourth-order valence-electron chi connectivity index (χ4n) is 4.68. The lowest BCUT2D eigenvalue weighted by Crippen LogP contribution is -2.63. The van der Waals surface area contributed by atoms with Gasteiger partial charge in [-0.15, -0.1) is 0 Å². The van der Waals surface area contributed by atoms with Gasteiger partial charge in [0.1, 0.15) is 5.84 Å². The van der Waals surface area contributed by atoms with E-state index in [1.54, 1.807) is 22.5 Å². The molecule has 1 aromatic carbocycles. The van der Waals surface area contributed by atoms with Crippen LogP contribution >= 0.6 is 11.6 Å². The van der Waals surface area contributed by atoms with E-state index in [0.29, 0.717) is 24.2 Å². The summed E-state index contributed by atoms with van der Waals surface area (Å²) in [7, 11) is -3.54. The first-order valence-electron chi connectivity index (χ1n) is 10.7. The summed E-state index contributed by atoms with van der Waals surface area (Å²) in [6.07, 6.45) is 7.41. The molecule has 1 saturated heterocycles. The molecule has 4 rings (SSSR count). The summed E-state index contributed by atoms with van der Waals surface area (Å²) in [5.74, 6) is 1.05. The van der Waals surface area contributed by atoms with Crippen molar-refractivity contribution in [2.24, 2.45) is 4.99 Å². The van der Waals surface area contributed by atoms with Crippen molar-refractivity contribution < 1.29 is 8.42 Å². The molecule has 2 aliphatic heterocycles. The Bertz CT molecular complexity index is 873. The lowest BCUT2D eigenvalue weighted by atomic mass is 9.86. The highest BCUT2D eigenvalue weighted by Gasteiger charge is 2.43. The van der Waals surface area contributed by atoms with Crippen molar-refractivity contribution >= 4 is 27.5 Å². The molecule has 0 amide bonds. The lowest BCUT2D eigenvalue weighted by Gasteiger charge is -2.43. The molecule has 0 unspecified atom stereocenters. The topological polar surface area (TPSA) is 73.8 Å². The summed E-state index contributed by atoms with van der Waals surface area (Å²) < 4.78 is 27.9. The summed E-state index contributed by atoms with van der Waals surface area (Å²) in [6.45, 7) is 4.57. The monoisotopic (exact) mass is 438 g/mol. The second-order valence-corrected chi connectivity index (χ2v) is 10.9. The van der Waals surface area contributed by atoms with Crippen LogP contribution in [-0.4, -0.2) is 56.3 Å². The van der Waals surface area contributed by atoms with Crippen LogP contribution in [0.3, 0.4) is 0 Å². The Morgan fingerprint density at radius 2 is 1.93 bits per heavy atom. The zero-order chi connectivity index (χ0) is 20.5. The van der Waals surface area contributed by atoms with Crippen molar-refractivity contribution in [3.63, 3.8) is 0 Å². The minimum Gasteiger partial charge on any atom is -0.370 e. The molecule has 1 aliphatic carbocycles. The molecule has 0 atom stereocenters. The van der Waals surface area contributed by atoms with Crippen LogP contribution in [0.1, 0.15) is 50.5 Å². The minimum atomic E-state index is -3.54. The van der Waals surface area contributed by atoms with E-state index in [1.165, 1.54) is 25.7 Å². The fraction of sp³-hybridized carbons (Fsp3) is 0.667. The van der Waals surface area contributed by atoms with Crippen LogP contribution in [0.15, 0.2) is 28.1 Å². The van der Waals surface area contributed by atoms with Crippen molar-refractivity contribution in [3.8, 4) is 0 Å². The Labute approximate surface area is 179 Å². The molecular weight excluding hydrogens is 408 g/mol. The number of nitrogens with one attached hydrogen (secondary N) is 2. The molecule has 1 aromatic rings. The van der Waals surface area contributed by atoms with Gasteiger partial charge in [0.2, 0.25) is 10.0 Å². The van der Waals surface area contributed by atoms with Gasteiger partial charge in [-0.3, -0.25) is 4.99 Å². The normalized spacial score (nSPS) is 23.7. The minimum absolute atomic E-state index is 0.240. The van der Waals surface area contributed by atoms with E-state index in [9.17, 15) is 8.42 Å². The van der Waals surface area contributed by atoms with Crippen LogP contribution in [0.2, 0.25) is 5.02 Å². The molecule has 0 aromatic heterocycles. The predicted molar refractivity (Wildman–Crippen MR) is 117 cm³/mol. The summed E-state index contributed by atoms with van der Waals surface area (Å²) >= 11 is 6.18. The molecule has 0 radical (unpaired) electrons. The summed E-state index contributed by atoms with van der Waals surface area (Å²) in [5.41, 5.74) is 0.639. The molecule has 2 N–H and O–H groups in total. The highest BCUT2D eigenvalue weighted by molar-refractivity contribution is 7.89. The average molecular weight is 439 g/mol. The maximum Gasteiger partial charge on any atom is 0.243 e. The van der Waals surface area contributed by atoms with Gasteiger partial charge in [0.25, 0.3) is 0 Å². The van der Waals surface area contributed by atoms with E-state index < -0.39 is 10.0 Å². The number of halogens is 1. The second-order valence-electron chi connectivity index (χ2n) is 8.53. The van der Waals surface area contributed by atoms with Gasteiger partial charge in [-0.05, 0) is 63.3 Å². The van der Waals surface area contributed by atoms with E-state index in [4.69, 9.17) is 16.6 Å². The molecule has 3 aliphatic rings. The molecule has 8 heteroatoms. The number of aliphatic imine (C=N–C) groups is 1. The van der Waals surface area contributed by atoms with Gasteiger partial charge in [-0.25, -0.2) is 8.42 Å². The van der Waals surface area contributed by atoms with Gasteiger partial charge in [0, 0.05) is 30.7 Å². The molecule has 1 spiro atoms. The van der Waals surface area contributed by atoms with Crippen LogP contribution in [-0.2, 0) is 10.0 Å². The van der Waals surface area contributed by atoms with Gasteiger partial charge in [0.15, 0.2) is 0 Å². The van der Waals surface area contributed by atoms with Gasteiger partial charge in [0.05, 0.1) is 10.4 Å². The molecule has 160 valence electrons. The zero-order valence-corrected chi connectivity index (χ0v) is 18.7. The lowest BCUT2D eigenvalue weighted by molar-refractivity contribution is 0.247. The number of nitrogens with zero attached hydrogens (tertiary/aromatic N) is 2. The highest BCUT2D eigenvalue weighted by atomic mass is 35.5. The van der Waals surface area contributed by atoms with Gasteiger partial charge in [-0.1, -0.05) is 30.5 Å². The quantitative estimate of drug-likeness (QED) is 0.760. The number of rotatable bonds is 3. The van der Waals surface area contributed by atoms with Crippen LogP contribution < -0.4 is 10.6 Å². The number of hydrogen-bond donors (Lipinski definition) is 2. The number of hydrogen-bond acceptors (Lipinski definition) is 5. The van der Waals surface area contributed by atoms with Crippen molar-refractivity contribution in [2.75, 3.05) is 26.2 Å². The van der Waals surface area contributed by atoms with Crippen LogP contribution in [0.25, 0.3) is 0 Å². The molecule has 2 fully saturated rings. The largest absolute Gasteiger partial charge is 0.370 e. The van der Waals surface area contributed by atoms with Crippen molar-refractivity contribution in [3.05, 3.63) is 28.8 Å². The molecule has 2 heterocycles. The number of sulfonamides is 1. The third-order valence-corrected chi connectivity index (χ3v) is 8.88. The maximum absolute atomic E-state index is 13.2. The smallest absolute Gasteiger partial charge is 0.243 e. The highest BCUT2D eigenvalue weighted by Crippen LogP contribution is 2.31.